The molecule has 12 rings (SSSR count). The molecule has 0 fully saturated rings. The Morgan fingerprint density at radius 2 is 0.466 bits per heavy atom. The molecule has 1 radical (unpaired) electrons. The standard InChI is InChI=1S/3C17H12N2.Ir/c3*1-11-5-2-6-12-13-7-3-9-18-16(13)14-8-4-10-19-17(14)15(11)12;/h3*2-10H,1H3;. The Labute approximate surface area is 348 Å². The van der Waals surface area contributed by atoms with E-state index in [4.69, 9.17) is 0 Å². The van der Waals surface area contributed by atoms with Crippen molar-refractivity contribution >= 4 is 97.7 Å². The summed E-state index contributed by atoms with van der Waals surface area (Å²) in [5, 5.41) is 14.4. The number of hydrogen-bond acceptors (Lipinski definition) is 6. The topological polar surface area (TPSA) is 77.3 Å². The minimum atomic E-state index is 0. The van der Waals surface area contributed by atoms with Gasteiger partial charge in [-0.2, -0.15) is 0 Å². The molecule has 6 aromatic heterocycles. The molecule has 6 heterocycles. The molecule has 6 aromatic carbocycles. The smallest absolute Gasteiger partial charge is 0.0805 e. The van der Waals surface area contributed by atoms with Crippen molar-refractivity contribution < 1.29 is 20.1 Å². The van der Waals surface area contributed by atoms with Crippen LogP contribution in [0.15, 0.2) is 165 Å². The molecule has 12 aromatic rings. The molecule has 0 aliphatic heterocycles. The molecule has 0 amide bonds. The number of fused-ring (bicyclic) bond motifs is 18. The van der Waals surface area contributed by atoms with Crippen LogP contribution in [-0.4, -0.2) is 29.9 Å². The van der Waals surface area contributed by atoms with Gasteiger partial charge in [-0.1, -0.05) is 72.8 Å². The molecule has 6 nitrogen and oxygen atoms in total. The normalized spacial score (nSPS) is 11.2. The van der Waals surface area contributed by atoms with E-state index in [-0.39, 0.29) is 20.1 Å². The van der Waals surface area contributed by atoms with Gasteiger partial charge in [0.15, 0.2) is 0 Å². The first-order valence-electron chi connectivity index (χ1n) is 19.1. The van der Waals surface area contributed by atoms with Gasteiger partial charge in [-0.15, -0.1) is 0 Å². The molecule has 0 unspecified atom stereocenters. The zero-order valence-corrected chi connectivity index (χ0v) is 34.5. The van der Waals surface area contributed by atoms with E-state index in [9.17, 15) is 0 Å². The summed E-state index contributed by atoms with van der Waals surface area (Å²) < 4.78 is 0. The number of nitrogens with zero attached hydrogens (tertiary/aromatic N) is 6. The molecule has 279 valence electrons. The maximum atomic E-state index is 4.58. The van der Waals surface area contributed by atoms with Gasteiger partial charge in [0.25, 0.3) is 0 Å². The SMILES string of the molecule is Cc1cccc2c3cccnc3c3cccnc3c12.Cc1cccc2c3cccnc3c3cccnc3c12.Cc1cccc2c3cccnc3c3cccnc3c12.[Ir]. The minimum Gasteiger partial charge on any atom is -0.256 e. The van der Waals surface area contributed by atoms with E-state index in [0.717, 1.165) is 49.3 Å². The van der Waals surface area contributed by atoms with Gasteiger partial charge in [-0.3, -0.25) is 29.9 Å². The van der Waals surface area contributed by atoms with Gasteiger partial charge in [-0.05, 0) is 108 Å². The van der Waals surface area contributed by atoms with Crippen molar-refractivity contribution in [1.29, 1.82) is 0 Å². The van der Waals surface area contributed by atoms with Crippen molar-refractivity contribution in [1.82, 2.24) is 29.9 Å². The summed E-state index contributed by atoms with van der Waals surface area (Å²) >= 11 is 0. The van der Waals surface area contributed by atoms with Gasteiger partial charge in [0, 0.05) is 106 Å². The third-order valence-corrected chi connectivity index (χ3v) is 11.0. The van der Waals surface area contributed by atoms with Crippen LogP contribution in [0, 0.1) is 20.8 Å². The van der Waals surface area contributed by atoms with Crippen LogP contribution in [0.25, 0.3) is 97.7 Å². The molecule has 0 saturated carbocycles. The van der Waals surface area contributed by atoms with E-state index in [1.807, 2.05) is 73.6 Å². The number of aromatic nitrogens is 6. The molecule has 0 spiro atoms. The predicted octanol–water partition coefficient (Wildman–Crippen LogP) is 12.7. The Balaban J connectivity index is 0.000000112. The van der Waals surface area contributed by atoms with Crippen molar-refractivity contribution in [3.05, 3.63) is 181 Å². The number of benzene rings is 6. The number of rotatable bonds is 0. The van der Waals surface area contributed by atoms with Crippen LogP contribution in [0.2, 0.25) is 0 Å². The summed E-state index contributed by atoms with van der Waals surface area (Å²) in [7, 11) is 0. The van der Waals surface area contributed by atoms with Crippen molar-refractivity contribution in [3.8, 4) is 0 Å². The van der Waals surface area contributed by atoms with Crippen molar-refractivity contribution in [2.75, 3.05) is 0 Å². The summed E-state index contributed by atoms with van der Waals surface area (Å²) in [5.41, 5.74) is 9.99. The number of aryl methyl sites for hydroxylation is 3. The zero-order valence-electron chi connectivity index (χ0n) is 32.1. The van der Waals surface area contributed by atoms with E-state index in [1.165, 1.54) is 65.2 Å². The molecule has 0 N–H and O–H groups in total. The van der Waals surface area contributed by atoms with Crippen molar-refractivity contribution in [2.45, 2.75) is 20.8 Å². The Morgan fingerprint density at radius 3 is 0.741 bits per heavy atom. The number of hydrogen-bond donors (Lipinski definition) is 0. The van der Waals surface area contributed by atoms with Gasteiger partial charge in [0.2, 0.25) is 0 Å². The fourth-order valence-corrected chi connectivity index (χ4v) is 8.52. The first-order valence-corrected chi connectivity index (χ1v) is 19.1. The minimum absolute atomic E-state index is 0. The summed E-state index contributed by atoms with van der Waals surface area (Å²) in [6, 6.07) is 43.8. The third kappa shape index (κ3) is 6.07. The quantitative estimate of drug-likeness (QED) is 0.141. The Kier molecular flexibility index (Phi) is 9.70. The van der Waals surface area contributed by atoms with Crippen molar-refractivity contribution in [2.24, 2.45) is 0 Å². The maximum absolute atomic E-state index is 4.58. The molecular weight excluding hydrogens is 889 g/mol. The van der Waals surface area contributed by atoms with Gasteiger partial charge in [0.05, 0.1) is 33.1 Å². The second-order valence-electron chi connectivity index (χ2n) is 14.4. The summed E-state index contributed by atoms with van der Waals surface area (Å²) in [4.78, 5) is 27.4. The predicted molar refractivity (Wildman–Crippen MR) is 238 cm³/mol. The number of pyridine rings is 6. The van der Waals surface area contributed by atoms with Crippen molar-refractivity contribution in [3.63, 3.8) is 0 Å². The summed E-state index contributed by atoms with van der Waals surface area (Å²) in [6.07, 6.45) is 11.1. The van der Waals surface area contributed by atoms with Gasteiger partial charge < -0.3 is 0 Å². The van der Waals surface area contributed by atoms with E-state index in [1.54, 1.807) is 0 Å². The van der Waals surface area contributed by atoms with E-state index in [2.05, 4.69) is 142 Å². The molecule has 0 aliphatic rings. The molecule has 7 heteroatoms. The fraction of sp³-hybridized carbons (Fsp3) is 0.0588. The van der Waals surface area contributed by atoms with Gasteiger partial charge in [0.1, 0.15) is 0 Å². The molecule has 58 heavy (non-hydrogen) atoms. The van der Waals surface area contributed by atoms with Crippen LogP contribution in [0.4, 0.5) is 0 Å². The van der Waals surface area contributed by atoms with Crippen LogP contribution < -0.4 is 0 Å². The average Bonchev–Trinajstić information content (AvgIpc) is 3.27. The van der Waals surface area contributed by atoms with Crippen LogP contribution in [0.5, 0.6) is 0 Å². The third-order valence-electron chi connectivity index (χ3n) is 11.0. The second kappa shape index (κ2) is 15.3. The van der Waals surface area contributed by atoms with E-state index < -0.39 is 0 Å². The second-order valence-corrected chi connectivity index (χ2v) is 14.4. The molecule has 0 atom stereocenters. The average molecular weight is 925 g/mol. The Hall–Kier alpha value is -6.79. The Morgan fingerprint density at radius 1 is 0.241 bits per heavy atom. The first kappa shape index (κ1) is 36.8. The van der Waals surface area contributed by atoms with Crippen LogP contribution in [0.1, 0.15) is 16.7 Å². The molecule has 0 aliphatic carbocycles. The van der Waals surface area contributed by atoms with Crippen LogP contribution in [-0.2, 0) is 20.1 Å². The van der Waals surface area contributed by atoms with Crippen LogP contribution in [0.3, 0.4) is 0 Å². The summed E-state index contributed by atoms with van der Waals surface area (Å²) in [5.74, 6) is 0. The molecule has 0 bridgehead atoms. The van der Waals surface area contributed by atoms with E-state index in [0.29, 0.717) is 0 Å². The first-order chi connectivity index (χ1) is 28.1. The van der Waals surface area contributed by atoms with E-state index >= 15 is 0 Å². The zero-order chi connectivity index (χ0) is 38.5. The van der Waals surface area contributed by atoms with Gasteiger partial charge in [-0.25, -0.2) is 0 Å². The monoisotopic (exact) mass is 925 g/mol. The molecular formula is C51H36IrN6. The largest absolute Gasteiger partial charge is 0.256 e. The van der Waals surface area contributed by atoms with Gasteiger partial charge >= 0.3 is 0 Å². The molecule has 0 saturated heterocycles. The Bertz CT molecular complexity index is 3020. The maximum Gasteiger partial charge on any atom is 0.0805 e. The van der Waals surface area contributed by atoms with Crippen LogP contribution >= 0.6 is 0 Å². The summed E-state index contributed by atoms with van der Waals surface area (Å²) in [6.45, 7) is 6.41. The fourth-order valence-electron chi connectivity index (χ4n) is 8.52.